The van der Waals surface area contributed by atoms with Crippen molar-refractivity contribution in [1.82, 2.24) is 10.3 Å². The minimum atomic E-state index is -1.41. The molecule has 1 amide bonds. The van der Waals surface area contributed by atoms with Crippen molar-refractivity contribution in [2.24, 2.45) is 0 Å². The van der Waals surface area contributed by atoms with Gasteiger partial charge in [-0.2, -0.15) is 0 Å². The third-order valence-corrected chi connectivity index (χ3v) is 5.28. The highest BCUT2D eigenvalue weighted by Gasteiger charge is 2.30. The average molecular weight is 467 g/mol. The summed E-state index contributed by atoms with van der Waals surface area (Å²) < 4.78 is 39.3. The smallest absolute Gasteiger partial charge is 0.354 e. The van der Waals surface area contributed by atoms with E-state index >= 15 is 0 Å². The molecular formula is C21H17ClF2N2O4S. The summed E-state index contributed by atoms with van der Waals surface area (Å²) in [6.45, 7) is 1.67. The number of rotatable bonds is 7. The SMILES string of the molecule is CCOC(=O)C(Oc1ccc(F)c(C(=O)NC)c1F)c1nc(-c2ccc(Cl)cc2)cs1. The number of thiazole rings is 1. The van der Waals surface area contributed by atoms with E-state index in [1.54, 1.807) is 36.6 Å². The van der Waals surface area contributed by atoms with Crippen molar-refractivity contribution in [3.05, 3.63) is 69.0 Å². The number of esters is 1. The van der Waals surface area contributed by atoms with Crippen LogP contribution in [0, 0.1) is 11.6 Å². The van der Waals surface area contributed by atoms with Gasteiger partial charge in [0.25, 0.3) is 5.91 Å². The number of ether oxygens (including phenoxy) is 2. The average Bonchev–Trinajstić information content (AvgIpc) is 3.23. The maximum Gasteiger partial charge on any atom is 0.354 e. The van der Waals surface area contributed by atoms with Crippen molar-refractivity contribution in [3.63, 3.8) is 0 Å². The maximum atomic E-state index is 14.8. The quantitative estimate of drug-likeness (QED) is 0.507. The van der Waals surface area contributed by atoms with E-state index in [1.807, 2.05) is 0 Å². The number of nitrogens with one attached hydrogen (secondary N) is 1. The predicted molar refractivity (Wildman–Crippen MR) is 112 cm³/mol. The Morgan fingerprint density at radius 1 is 1.19 bits per heavy atom. The molecule has 1 unspecified atom stereocenters. The van der Waals surface area contributed by atoms with Crippen LogP contribution in [0.25, 0.3) is 11.3 Å². The van der Waals surface area contributed by atoms with E-state index in [2.05, 4.69) is 10.3 Å². The second-order valence-corrected chi connectivity index (χ2v) is 7.47. The van der Waals surface area contributed by atoms with Crippen molar-refractivity contribution in [2.45, 2.75) is 13.0 Å². The zero-order valence-corrected chi connectivity index (χ0v) is 18.0. The molecule has 1 heterocycles. The Morgan fingerprint density at radius 3 is 2.55 bits per heavy atom. The fourth-order valence-electron chi connectivity index (χ4n) is 2.66. The van der Waals surface area contributed by atoms with Gasteiger partial charge >= 0.3 is 5.97 Å². The van der Waals surface area contributed by atoms with Crippen LogP contribution in [0.2, 0.25) is 5.02 Å². The molecule has 31 heavy (non-hydrogen) atoms. The third kappa shape index (κ3) is 5.00. The van der Waals surface area contributed by atoms with Crippen LogP contribution < -0.4 is 10.1 Å². The highest BCUT2D eigenvalue weighted by molar-refractivity contribution is 7.10. The van der Waals surface area contributed by atoms with E-state index in [9.17, 15) is 18.4 Å². The van der Waals surface area contributed by atoms with Crippen LogP contribution in [0.3, 0.4) is 0 Å². The highest BCUT2D eigenvalue weighted by Crippen LogP contribution is 2.32. The normalized spacial score (nSPS) is 11.6. The first-order chi connectivity index (χ1) is 14.8. The van der Waals surface area contributed by atoms with E-state index < -0.39 is 40.9 Å². The van der Waals surface area contributed by atoms with E-state index in [0.29, 0.717) is 10.7 Å². The second-order valence-electron chi connectivity index (χ2n) is 6.14. The lowest BCUT2D eigenvalue weighted by molar-refractivity contribution is -0.151. The zero-order valence-electron chi connectivity index (χ0n) is 16.4. The summed E-state index contributed by atoms with van der Waals surface area (Å²) in [6.07, 6.45) is -1.41. The van der Waals surface area contributed by atoms with Crippen molar-refractivity contribution in [1.29, 1.82) is 0 Å². The molecule has 162 valence electrons. The van der Waals surface area contributed by atoms with Gasteiger partial charge in [0.2, 0.25) is 6.10 Å². The van der Waals surface area contributed by atoms with Gasteiger partial charge in [-0.15, -0.1) is 11.3 Å². The summed E-state index contributed by atoms with van der Waals surface area (Å²) in [5.74, 6) is -4.54. The van der Waals surface area contributed by atoms with Crippen molar-refractivity contribution in [2.75, 3.05) is 13.7 Å². The van der Waals surface area contributed by atoms with Crippen LogP contribution in [0.4, 0.5) is 8.78 Å². The minimum Gasteiger partial charge on any atom is -0.468 e. The molecule has 1 atom stereocenters. The summed E-state index contributed by atoms with van der Waals surface area (Å²) in [5.41, 5.74) is 0.494. The van der Waals surface area contributed by atoms with Gasteiger partial charge in [-0.3, -0.25) is 4.79 Å². The molecule has 1 N–H and O–H groups in total. The van der Waals surface area contributed by atoms with E-state index in [1.165, 1.54) is 7.05 Å². The van der Waals surface area contributed by atoms with Gasteiger partial charge in [-0.25, -0.2) is 18.6 Å². The van der Waals surface area contributed by atoms with Gasteiger partial charge in [0.05, 0.1) is 12.3 Å². The highest BCUT2D eigenvalue weighted by atomic mass is 35.5. The molecule has 3 rings (SSSR count). The van der Waals surface area contributed by atoms with E-state index in [4.69, 9.17) is 21.1 Å². The molecule has 0 bridgehead atoms. The number of nitrogens with zero attached hydrogens (tertiary/aromatic N) is 1. The van der Waals surface area contributed by atoms with Gasteiger partial charge in [-0.1, -0.05) is 23.7 Å². The van der Waals surface area contributed by atoms with Crippen LogP contribution in [0.1, 0.15) is 28.4 Å². The number of hydrogen-bond donors (Lipinski definition) is 1. The molecule has 10 heteroatoms. The monoisotopic (exact) mass is 466 g/mol. The molecule has 6 nitrogen and oxygen atoms in total. The van der Waals surface area contributed by atoms with Crippen LogP contribution in [-0.4, -0.2) is 30.5 Å². The maximum absolute atomic E-state index is 14.8. The number of amides is 1. The third-order valence-electron chi connectivity index (χ3n) is 4.14. The number of halogens is 3. The molecule has 3 aromatic rings. The Hall–Kier alpha value is -3.04. The van der Waals surface area contributed by atoms with Crippen molar-refractivity contribution < 1.29 is 27.8 Å². The first-order valence-electron chi connectivity index (χ1n) is 9.10. The molecule has 0 aliphatic rings. The number of aromatic nitrogens is 1. The number of carbonyl (C=O) groups is 2. The lowest BCUT2D eigenvalue weighted by Gasteiger charge is -2.17. The van der Waals surface area contributed by atoms with E-state index in [-0.39, 0.29) is 11.6 Å². The number of carbonyl (C=O) groups excluding carboxylic acids is 2. The summed E-state index contributed by atoms with van der Waals surface area (Å²) in [6, 6.07) is 8.80. The summed E-state index contributed by atoms with van der Waals surface area (Å²) in [4.78, 5) is 28.7. The molecule has 0 saturated carbocycles. The Labute approximate surface area is 185 Å². The second kappa shape index (κ2) is 9.84. The Morgan fingerprint density at radius 2 is 1.90 bits per heavy atom. The van der Waals surface area contributed by atoms with E-state index in [0.717, 1.165) is 29.0 Å². The summed E-state index contributed by atoms with van der Waals surface area (Å²) in [5, 5.41) is 4.62. The molecule has 2 aromatic carbocycles. The standard InChI is InChI=1S/C21H17ClF2N2O4S/c1-3-29-21(28)18(20-26-14(10-31-20)11-4-6-12(22)7-5-11)30-15-9-8-13(23)16(17(15)24)19(27)25-2/h4-10,18H,3H2,1-2H3,(H,25,27). The fourth-order valence-corrected chi connectivity index (χ4v) is 3.63. The number of hydrogen-bond acceptors (Lipinski definition) is 6. The minimum absolute atomic E-state index is 0.0590. The molecule has 0 saturated heterocycles. The first-order valence-corrected chi connectivity index (χ1v) is 10.4. The van der Waals surface area contributed by atoms with Gasteiger partial charge in [0.15, 0.2) is 11.6 Å². The molecule has 0 aliphatic carbocycles. The predicted octanol–water partition coefficient (Wildman–Crippen LogP) is 4.78. The number of benzene rings is 2. The van der Waals surface area contributed by atoms with Crippen molar-refractivity contribution >= 4 is 34.8 Å². The van der Waals surface area contributed by atoms with Crippen LogP contribution >= 0.6 is 22.9 Å². The molecule has 0 radical (unpaired) electrons. The Balaban J connectivity index is 1.97. The van der Waals surface area contributed by atoms with Crippen molar-refractivity contribution in [3.8, 4) is 17.0 Å². The van der Waals surface area contributed by atoms with Gasteiger partial charge in [-0.05, 0) is 31.2 Å². The molecule has 1 aromatic heterocycles. The molecule has 0 aliphatic heterocycles. The largest absolute Gasteiger partial charge is 0.468 e. The zero-order chi connectivity index (χ0) is 22.5. The van der Waals surface area contributed by atoms with Gasteiger partial charge in [0.1, 0.15) is 16.4 Å². The summed E-state index contributed by atoms with van der Waals surface area (Å²) in [7, 11) is 1.24. The first kappa shape index (κ1) is 22.6. The summed E-state index contributed by atoms with van der Waals surface area (Å²) >= 11 is 7.01. The lowest BCUT2D eigenvalue weighted by atomic mass is 10.1. The molecule has 0 fully saturated rings. The molecular weight excluding hydrogens is 450 g/mol. The van der Waals surface area contributed by atoms with Crippen LogP contribution in [0.15, 0.2) is 41.8 Å². The van der Waals surface area contributed by atoms with Gasteiger partial charge in [0, 0.05) is 23.0 Å². The van der Waals surface area contributed by atoms with Gasteiger partial charge < -0.3 is 14.8 Å². The Kier molecular flexibility index (Phi) is 7.19. The fraction of sp³-hybridized carbons (Fsp3) is 0.190. The molecule has 0 spiro atoms. The Bertz CT molecular complexity index is 1110. The van der Waals surface area contributed by atoms with Crippen LogP contribution in [-0.2, 0) is 9.53 Å². The lowest BCUT2D eigenvalue weighted by Crippen LogP contribution is -2.24. The van der Waals surface area contributed by atoms with Crippen LogP contribution in [0.5, 0.6) is 5.75 Å². The topological polar surface area (TPSA) is 77.5 Å².